The second kappa shape index (κ2) is 4.99. The normalized spacial score (nSPS) is 10.3. The van der Waals surface area contributed by atoms with Crippen LogP contribution in [-0.2, 0) is 4.79 Å². The van der Waals surface area contributed by atoms with Crippen LogP contribution in [0.15, 0.2) is 35.4 Å². The van der Waals surface area contributed by atoms with Crippen molar-refractivity contribution in [3.8, 4) is 5.75 Å². The van der Waals surface area contributed by atoms with E-state index in [1.807, 2.05) is 24.3 Å². The van der Waals surface area contributed by atoms with E-state index in [9.17, 15) is 4.79 Å². The first-order valence-corrected chi connectivity index (χ1v) is 5.82. The summed E-state index contributed by atoms with van der Waals surface area (Å²) in [7, 11) is 1.64. The Morgan fingerprint density at radius 3 is 3.06 bits per heavy atom. The first-order chi connectivity index (χ1) is 7.83. The van der Waals surface area contributed by atoms with E-state index in [1.54, 1.807) is 13.3 Å². The Bertz CT molecular complexity index is 513. The van der Waals surface area contributed by atoms with E-state index in [4.69, 9.17) is 4.74 Å². The zero-order valence-electron chi connectivity index (χ0n) is 8.84. The molecule has 0 saturated carbocycles. The topological polar surface area (TPSA) is 39.2 Å². The average Bonchev–Trinajstić information content (AvgIpc) is 2.35. The third kappa shape index (κ3) is 2.33. The number of fused-ring (bicyclic) bond motifs is 1. The molecule has 1 aromatic heterocycles. The van der Waals surface area contributed by atoms with Crippen molar-refractivity contribution in [2.75, 3.05) is 12.9 Å². The van der Waals surface area contributed by atoms with Crippen LogP contribution in [0.4, 0.5) is 0 Å². The molecule has 0 aliphatic heterocycles. The highest BCUT2D eigenvalue weighted by Gasteiger charge is 2.00. The van der Waals surface area contributed by atoms with Gasteiger partial charge in [-0.25, -0.2) is 0 Å². The molecule has 1 aromatic carbocycles. The molecule has 0 radical (unpaired) electrons. The molecule has 0 aliphatic carbocycles. The number of methoxy groups -OCH3 is 1. The van der Waals surface area contributed by atoms with Gasteiger partial charge in [0.25, 0.3) is 0 Å². The summed E-state index contributed by atoms with van der Waals surface area (Å²) >= 11 is 1.48. The number of benzene rings is 1. The van der Waals surface area contributed by atoms with E-state index in [0.717, 1.165) is 27.8 Å². The third-order valence-electron chi connectivity index (χ3n) is 2.18. The van der Waals surface area contributed by atoms with Gasteiger partial charge in [-0.3, -0.25) is 4.98 Å². The SMILES string of the molecule is COc1ccc2ncc(SCC=O)cc2c1. The number of aromatic nitrogens is 1. The molecule has 0 N–H and O–H groups in total. The smallest absolute Gasteiger partial charge is 0.130 e. The van der Waals surface area contributed by atoms with Crippen LogP contribution in [0.3, 0.4) is 0 Å². The van der Waals surface area contributed by atoms with E-state index in [2.05, 4.69) is 4.98 Å². The molecule has 0 unspecified atom stereocenters. The second-order valence-corrected chi connectivity index (χ2v) is 4.30. The molecule has 1 heterocycles. The molecule has 0 atom stereocenters. The minimum absolute atomic E-state index is 0.456. The fourth-order valence-electron chi connectivity index (χ4n) is 1.43. The Kier molecular flexibility index (Phi) is 3.41. The summed E-state index contributed by atoms with van der Waals surface area (Å²) in [6.07, 6.45) is 2.67. The molecular formula is C12H11NO2S. The number of hydrogen-bond acceptors (Lipinski definition) is 4. The minimum Gasteiger partial charge on any atom is -0.497 e. The van der Waals surface area contributed by atoms with E-state index in [-0.39, 0.29) is 0 Å². The van der Waals surface area contributed by atoms with E-state index in [1.165, 1.54) is 11.8 Å². The van der Waals surface area contributed by atoms with Crippen molar-refractivity contribution in [2.45, 2.75) is 4.90 Å². The lowest BCUT2D eigenvalue weighted by molar-refractivity contribution is -0.105. The number of aldehydes is 1. The number of pyridine rings is 1. The minimum atomic E-state index is 0.456. The van der Waals surface area contributed by atoms with Crippen LogP contribution < -0.4 is 4.74 Å². The molecule has 0 bridgehead atoms. The van der Waals surface area contributed by atoms with Gasteiger partial charge in [0, 0.05) is 16.5 Å². The van der Waals surface area contributed by atoms with Gasteiger partial charge in [-0.15, -0.1) is 11.8 Å². The van der Waals surface area contributed by atoms with Crippen LogP contribution in [0.5, 0.6) is 5.75 Å². The van der Waals surface area contributed by atoms with Gasteiger partial charge in [-0.1, -0.05) is 0 Å². The maximum Gasteiger partial charge on any atom is 0.130 e. The Morgan fingerprint density at radius 2 is 2.31 bits per heavy atom. The summed E-state index contributed by atoms with van der Waals surface area (Å²) in [5.74, 6) is 1.27. The summed E-state index contributed by atoms with van der Waals surface area (Å²) in [4.78, 5) is 15.6. The van der Waals surface area contributed by atoms with Gasteiger partial charge < -0.3 is 9.53 Å². The van der Waals surface area contributed by atoms with Crippen molar-refractivity contribution in [1.82, 2.24) is 4.98 Å². The van der Waals surface area contributed by atoms with E-state index in [0.29, 0.717) is 5.75 Å². The van der Waals surface area contributed by atoms with Crippen molar-refractivity contribution in [1.29, 1.82) is 0 Å². The Labute approximate surface area is 97.8 Å². The fraction of sp³-hybridized carbons (Fsp3) is 0.167. The van der Waals surface area contributed by atoms with Gasteiger partial charge in [0.2, 0.25) is 0 Å². The van der Waals surface area contributed by atoms with Crippen molar-refractivity contribution in [3.05, 3.63) is 30.5 Å². The number of carbonyl (C=O) groups is 1. The van der Waals surface area contributed by atoms with Crippen LogP contribution in [0.25, 0.3) is 10.9 Å². The summed E-state index contributed by atoms with van der Waals surface area (Å²) in [5.41, 5.74) is 0.927. The first-order valence-electron chi connectivity index (χ1n) is 4.83. The molecule has 2 aromatic rings. The number of nitrogens with zero attached hydrogens (tertiary/aromatic N) is 1. The second-order valence-electron chi connectivity index (χ2n) is 3.21. The maximum absolute atomic E-state index is 10.3. The molecular weight excluding hydrogens is 222 g/mol. The molecule has 0 spiro atoms. The lowest BCUT2D eigenvalue weighted by Gasteiger charge is -2.03. The van der Waals surface area contributed by atoms with Crippen molar-refractivity contribution >= 4 is 29.0 Å². The van der Waals surface area contributed by atoms with Crippen molar-refractivity contribution < 1.29 is 9.53 Å². The molecule has 16 heavy (non-hydrogen) atoms. The van der Waals surface area contributed by atoms with Gasteiger partial charge >= 0.3 is 0 Å². The van der Waals surface area contributed by atoms with Crippen molar-refractivity contribution in [2.24, 2.45) is 0 Å². The highest BCUT2D eigenvalue weighted by Crippen LogP contribution is 2.24. The molecule has 0 aliphatic rings. The van der Waals surface area contributed by atoms with Crippen LogP contribution in [0, 0.1) is 0 Å². The third-order valence-corrected chi connectivity index (χ3v) is 3.04. The van der Waals surface area contributed by atoms with Crippen LogP contribution in [0.2, 0.25) is 0 Å². The Hall–Kier alpha value is -1.55. The summed E-state index contributed by atoms with van der Waals surface area (Å²) in [6, 6.07) is 7.75. The summed E-state index contributed by atoms with van der Waals surface area (Å²) in [6.45, 7) is 0. The zero-order chi connectivity index (χ0) is 11.4. The number of thioether (sulfide) groups is 1. The van der Waals surface area contributed by atoms with Crippen LogP contribution in [0.1, 0.15) is 0 Å². The summed E-state index contributed by atoms with van der Waals surface area (Å²) < 4.78 is 5.15. The molecule has 82 valence electrons. The monoisotopic (exact) mass is 233 g/mol. The lowest BCUT2D eigenvalue weighted by atomic mass is 10.2. The molecule has 0 fully saturated rings. The van der Waals surface area contributed by atoms with Gasteiger partial charge in [-0.05, 0) is 24.3 Å². The zero-order valence-corrected chi connectivity index (χ0v) is 9.66. The molecule has 4 heteroatoms. The van der Waals surface area contributed by atoms with Gasteiger partial charge in [0.05, 0.1) is 18.4 Å². The highest BCUT2D eigenvalue weighted by molar-refractivity contribution is 7.99. The molecule has 3 nitrogen and oxygen atoms in total. The number of carbonyl (C=O) groups excluding carboxylic acids is 1. The Morgan fingerprint density at radius 1 is 1.44 bits per heavy atom. The fourth-order valence-corrected chi connectivity index (χ4v) is 2.02. The van der Waals surface area contributed by atoms with Crippen molar-refractivity contribution in [3.63, 3.8) is 0 Å². The van der Waals surface area contributed by atoms with Gasteiger partial charge in [0.1, 0.15) is 12.0 Å². The first kappa shape index (κ1) is 11.0. The van der Waals surface area contributed by atoms with Crippen LogP contribution >= 0.6 is 11.8 Å². The molecule has 0 amide bonds. The number of ether oxygens (including phenoxy) is 1. The standard InChI is InChI=1S/C12H11NO2S/c1-15-10-2-3-12-9(6-10)7-11(8-13-12)16-5-4-14/h2-4,6-8H,5H2,1H3. The van der Waals surface area contributed by atoms with E-state index < -0.39 is 0 Å². The quantitative estimate of drug-likeness (QED) is 0.601. The summed E-state index contributed by atoms with van der Waals surface area (Å²) in [5, 5.41) is 1.02. The lowest BCUT2D eigenvalue weighted by Crippen LogP contribution is -1.86. The Balaban J connectivity index is 2.38. The molecule has 0 saturated heterocycles. The predicted molar refractivity (Wildman–Crippen MR) is 65.1 cm³/mol. The van der Waals surface area contributed by atoms with E-state index >= 15 is 0 Å². The van der Waals surface area contributed by atoms with Gasteiger partial charge in [-0.2, -0.15) is 0 Å². The van der Waals surface area contributed by atoms with Gasteiger partial charge in [0.15, 0.2) is 0 Å². The predicted octanol–water partition coefficient (Wildman–Crippen LogP) is 2.53. The number of hydrogen-bond donors (Lipinski definition) is 0. The average molecular weight is 233 g/mol. The molecule has 2 rings (SSSR count). The largest absolute Gasteiger partial charge is 0.497 e. The van der Waals surface area contributed by atoms with Crippen LogP contribution in [-0.4, -0.2) is 24.1 Å². The maximum atomic E-state index is 10.3. The highest BCUT2D eigenvalue weighted by atomic mass is 32.2. The number of rotatable bonds is 4.